The molecule has 1 atom stereocenters. The summed E-state index contributed by atoms with van der Waals surface area (Å²) >= 11 is 2.75. The molecule has 0 saturated carbocycles. The van der Waals surface area contributed by atoms with E-state index in [1.165, 1.54) is 29.2 Å². The number of anilines is 2. The molecule has 0 saturated heterocycles. The number of ether oxygens (including phenoxy) is 1. The minimum Gasteiger partial charge on any atom is -0.494 e. The normalized spacial score (nSPS) is 11.6. The second-order valence-corrected chi connectivity index (χ2v) is 11.5. The van der Waals surface area contributed by atoms with Gasteiger partial charge in [-0.25, -0.2) is 9.78 Å². The fourth-order valence-electron chi connectivity index (χ4n) is 4.34. The summed E-state index contributed by atoms with van der Waals surface area (Å²) in [5, 5.41) is 18.4. The number of hydrogen-bond acceptors (Lipinski definition) is 7. The molecule has 3 N–H and O–H groups in total. The van der Waals surface area contributed by atoms with Gasteiger partial charge in [0.1, 0.15) is 5.75 Å². The van der Waals surface area contributed by atoms with Gasteiger partial charge in [0, 0.05) is 32.5 Å². The van der Waals surface area contributed by atoms with Gasteiger partial charge in [-0.2, -0.15) is 0 Å². The largest absolute Gasteiger partial charge is 0.494 e. The van der Waals surface area contributed by atoms with Gasteiger partial charge in [0.15, 0.2) is 5.13 Å². The second-order valence-electron chi connectivity index (χ2n) is 9.24. The van der Waals surface area contributed by atoms with Crippen LogP contribution in [0.2, 0.25) is 0 Å². The van der Waals surface area contributed by atoms with Gasteiger partial charge in [0.2, 0.25) is 5.91 Å². The number of rotatable bonds is 10. The SMILES string of the molecule is CCOc1ccc(-c2csc(NC(=O)C(C)Sc3ccc(NC(=O)c4cccc5cccc(C(=O)O)c45)cc3)n2)cc1. The van der Waals surface area contributed by atoms with Crippen molar-refractivity contribution in [3.8, 4) is 17.0 Å². The number of thioether (sulfide) groups is 1. The zero-order valence-electron chi connectivity index (χ0n) is 22.8. The lowest BCUT2D eigenvalue weighted by Gasteiger charge is -2.12. The molecule has 8 nitrogen and oxygen atoms in total. The Bertz CT molecular complexity index is 1750. The summed E-state index contributed by atoms with van der Waals surface area (Å²) in [6.45, 7) is 4.36. The molecule has 0 spiro atoms. The van der Waals surface area contributed by atoms with Crippen molar-refractivity contribution in [3.63, 3.8) is 0 Å². The van der Waals surface area contributed by atoms with E-state index in [1.807, 2.05) is 55.6 Å². The molecule has 1 unspecified atom stereocenters. The maximum Gasteiger partial charge on any atom is 0.336 e. The van der Waals surface area contributed by atoms with E-state index < -0.39 is 17.1 Å². The number of carboxylic acids is 1. The molecule has 1 aromatic heterocycles. The summed E-state index contributed by atoms with van der Waals surface area (Å²) in [7, 11) is 0. The minimum absolute atomic E-state index is 0.0717. The lowest BCUT2D eigenvalue weighted by Crippen LogP contribution is -2.22. The van der Waals surface area contributed by atoms with Crippen LogP contribution in [-0.4, -0.2) is 39.7 Å². The highest BCUT2D eigenvalue weighted by atomic mass is 32.2. The fraction of sp³-hybridized carbons (Fsp3) is 0.125. The molecule has 5 aromatic rings. The van der Waals surface area contributed by atoms with Crippen LogP contribution in [0.4, 0.5) is 10.8 Å². The van der Waals surface area contributed by atoms with Crippen molar-refractivity contribution in [2.24, 2.45) is 0 Å². The number of nitrogens with zero attached hydrogens (tertiary/aromatic N) is 1. The number of aromatic nitrogens is 1. The van der Waals surface area contributed by atoms with Crippen LogP contribution in [0.25, 0.3) is 22.0 Å². The van der Waals surface area contributed by atoms with Crippen LogP contribution in [0.1, 0.15) is 34.6 Å². The van der Waals surface area contributed by atoms with Crippen LogP contribution >= 0.6 is 23.1 Å². The number of thiazole rings is 1. The van der Waals surface area contributed by atoms with Gasteiger partial charge >= 0.3 is 5.97 Å². The Morgan fingerprint density at radius 2 is 1.62 bits per heavy atom. The van der Waals surface area contributed by atoms with Crippen molar-refractivity contribution < 1.29 is 24.2 Å². The van der Waals surface area contributed by atoms with E-state index in [1.54, 1.807) is 42.5 Å². The summed E-state index contributed by atoms with van der Waals surface area (Å²) in [4.78, 5) is 43.1. The van der Waals surface area contributed by atoms with Gasteiger partial charge in [-0.15, -0.1) is 23.1 Å². The highest BCUT2D eigenvalue weighted by Crippen LogP contribution is 2.30. The van der Waals surface area contributed by atoms with Crippen molar-refractivity contribution in [1.82, 2.24) is 4.98 Å². The first-order valence-corrected chi connectivity index (χ1v) is 14.9. The number of carbonyl (C=O) groups is 3. The molecule has 212 valence electrons. The standard InChI is InChI=1S/C32H27N3O5S2/c1-3-40-23-14-10-20(11-15-23)27-18-41-32(34-27)35-29(36)19(2)42-24-16-12-22(13-17-24)33-30(37)25-8-4-6-21-7-5-9-26(28(21)25)31(38)39/h4-19H,3H2,1-2H3,(H,33,37)(H,38,39)(H,34,35,36). The van der Waals surface area contributed by atoms with Gasteiger partial charge in [-0.1, -0.05) is 24.3 Å². The molecule has 0 aliphatic carbocycles. The van der Waals surface area contributed by atoms with E-state index in [4.69, 9.17) is 4.74 Å². The Hall–Kier alpha value is -4.67. The lowest BCUT2D eigenvalue weighted by atomic mass is 9.98. The Balaban J connectivity index is 1.19. The Kier molecular flexibility index (Phi) is 8.85. The summed E-state index contributed by atoms with van der Waals surface area (Å²) in [6, 6.07) is 24.8. The van der Waals surface area contributed by atoms with Crippen LogP contribution in [0, 0.1) is 0 Å². The van der Waals surface area contributed by atoms with Gasteiger partial charge in [0.05, 0.1) is 23.1 Å². The zero-order valence-corrected chi connectivity index (χ0v) is 24.4. The molecule has 4 aromatic carbocycles. The molecular formula is C32H27N3O5S2. The van der Waals surface area contributed by atoms with Crippen molar-refractivity contribution in [1.29, 1.82) is 0 Å². The smallest absolute Gasteiger partial charge is 0.336 e. The molecular weight excluding hydrogens is 571 g/mol. The fourth-order valence-corrected chi connectivity index (χ4v) is 5.93. The minimum atomic E-state index is -1.09. The predicted octanol–water partition coefficient (Wildman–Crippen LogP) is 7.43. The van der Waals surface area contributed by atoms with E-state index in [2.05, 4.69) is 15.6 Å². The number of benzene rings is 4. The molecule has 0 aliphatic rings. The quantitative estimate of drug-likeness (QED) is 0.143. The molecule has 1 heterocycles. The van der Waals surface area contributed by atoms with E-state index in [-0.39, 0.29) is 17.0 Å². The number of carbonyl (C=O) groups excluding carboxylic acids is 2. The maximum atomic E-state index is 13.1. The molecule has 42 heavy (non-hydrogen) atoms. The zero-order chi connectivity index (χ0) is 29.6. The summed E-state index contributed by atoms with van der Waals surface area (Å²) in [5.41, 5.74) is 2.62. The molecule has 2 amide bonds. The van der Waals surface area contributed by atoms with Crippen LogP contribution in [0.3, 0.4) is 0 Å². The Labute approximate surface area is 250 Å². The Morgan fingerprint density at radius 1 is 0.929 bits per heavy atom. The van der Waals surface area contributed by atoms with Gasteiger partial charge < -0.3 is 20.5 Å². The first-order chi connectivity index (χ1) is 20.3. The highest BCUT2D eigenvalue weighted by Gasteiger charge is 2.18. The van der Waals surface area contributed by atoms with Crippen LogP contribution in [0.15, 0.2) is 95.2 Å². The van der Waals surface area contributed by atoms with E-state index in [9.17, 15) is 19.5 Å². The van der Waals surface area contributed by atoms with Crippen molar-refractivity contribution in [2.75, 3.05) is 17.2 Å². The molecule has 0 bridgehead atoms. The molecule has 0 radical (unpaired) electrons. The topological polar surface area (TPSA) is 118 Å². The third-order valence-corrected chi connectivity index (χ3v) is 8.24. The average Bonchev–Trinajstić information content (AvgIpc) is 3.46. The number of carboxylic acid groups (broad SMARTS) is 1. The Morgan fingerprint density at radius 3 is 2.29 bits per heavy atom. The van der Waals surface area contributed by atoms with Crippen LogP contribution < -0.4 is 15.4 Å². The van der Waals surface area contributed by atoms with E-state index in [0.717, 1.165) is 21.9 Å². The summed E-state index contributed by atoms with van der Waals surface area (Å²) < 4.78 is 5.48. The van der Waals surface area contributed by atoms with Crippen molar-refractivity contribution in [3.05, 3.63) is 101 Å². The number of hydrogen-bond donors (Lipinski definition) is 3. The van der Waals surface area contributed by atoms with Crippen LogP contribution in [-0.2, 0) is 4.79 Å². The summed E-state index contributed by atoms with van der Waals surface area (Å²) in [6.07, 6.45) is 0. The van der Waals surface area contributed by atoms with Crippen molar-refractivity contribution in [2.45, 2.75) is 24.0 Å². The molecule has 0 aliphatic heterocycles. The second kappa shape index (κ2) is 12.9. The van der Waals surface area contributed by atoms with Gasteiger partial charge in [-0.05, 0) is 79.9 Å². The molecule has 0 fully saturated rings. The van der Waals surface area contributed by atoms with Crippen molar-refractivity contribution >= 4 is 62.5 Å². The predicted molar refractivity (Wildman–Crippen MR) is 168 cm³/mol. The van der Waals surface area contributed by atoms with Gasteiger partial charge in [-0.3, -0.25) is 9.59 Å². The van der Waals surface area contributed by atoms with Gasteiger partial charge in [0.25, 0.3) is 5.91 Å². The highest BCUT2D eigenvalue weighted by molar-refractivity contribution is 8.00. The average molecular weight is 598 g/mol. The third kappa shape index (κ3) is 6.62. The first-order valence-electron chi connectivity index (χ1n) is 13.1. The molecule has 10 heteroatoms. The maximum absolute atomic E-state index is 13.1. The van der Waals surface area contributed by atoms with E-state index >= 15 is 0 Å². The number of amides is 2. The molecule has 5 rings (SSSR count). The monoisotopic (exact) mass is 597 g/mol. The lowest BCUT2D eigenvalue weighted by molar-refractivity contribution is -0.115. The van der Waals surface area contributed by atoms with E-state index in [0.29, 0.717) is 28.2 Å². The first kappa shape index (κ1) is 28.8. The third-order valence-electron chi connectivity index (χ3n) is 6.37. The number of aromatic carboxylic acids is 1. The summed E-state index contributed by atoms with van der Waals surface area (Å²) in [5.74, 6) is -0.876. The number of nitrogens with one attached hydrogen (secondary N) is 2. The number of fused-ring (bicyclic) bond motifs is 1. The van der Waals surface area contributed by atoms with Crippen LogP contribution in [0.5, 0.6) is 5.75 Å².